The van der Waals surface area contributed by atoms with Gasteiger partial charge < -0.3 is 54.4 Å². The normalized spacial score (nSPS) is 18.5. The smallest absolute Gasteiger partial charge is 0.327 e. The van der Waals surface area contributed by atoms with E-state index >= 15 is 0 Å². The number of primary amides is 1. The van der Waals surface area contributed by atoms with E-state index in [1.807, 2.05) is 0 Å². The Kier molecular flexibility index (Phi) is 14.5. The van der Waals surface area contributed by atoms with Crippen LogP contribution in [0.4, 0.5) is 0 Å². The van der Waals surface area contributed by atoms with Crippen LogP contribution in [0.3, 0.4) is 0 Å². The van der Waals surface area contributed by atoms with Crippen molar-refractivity contribution in [2.45, 2.75) is 61.1 Å². The zero-order valence-corrected chi connectivity index (χ0v) is 23.3. The van der Waals surface area contributed by atoms with Crippen molar-refractivity contribution in [3.05, 3.63) is 0 Å². The van der Waals surface area contributed by atoms with E-state index in [-0.39, 0.29) is 43.4 Å². The SMILES string of the molecule is NC(=O)C[C@H](N)C(=O)N[C@@H](CSC[C@H](N)C(=O)O)C(=O)N1CCC[C@H]1C(=O)N[C@H](C(=O)O)C(S)CCN=C(N)N. The van der Waals surface area contributed by atoms with Gasteiger partial charge in [0.2, 0.25) is 23.6 Å². The van der Waals surface area contributed by atoms with Gasteiger partial charge in [0.15, 0.2) is 5.96 Å². The summed E-state index contributed by atoms with van der Waals surface area (Å²) >= 11 is 5.23. The summed E-state index contributed by atoms with van der Waals surface area (Å²) in [5.41, 5.74) is 26.8. The minimum Gasteiger partial charge on any atom is -0.480 e. The average Bonchev–Trinajstić information content (AvgIpc) is 3.35. The highest BCUT2D eigenvalue weighted by Gasteiger charge is 2.40. The molecule has 4 amide bonds. The molecule has 0 aliphatic carbocycles. The van der Waals surface area contributed by atoms with Gasteiger partial charge in [-0.2, -0.15) is 24.4 Å². The molecule has 1 heterocycles. The number of carbonyl (C=O) groups excluding carboxylic acids is 4. The highest BCUT2D eigenvalue weighted by atomic mass is 32.2. The van der Waals surface area contributed by atoms with Crippen LogP contribution in [0.15, 0.2) is 4.99 Å². The number of thioether (sulfide) groups is 1. The lowest BCUT2D eigenvalue weighted by atomic mass is 10.1. The lowest BCUT2D eigenvalue weighted by Gasteiger charge is -2.30. The monoisotopic (exact) mass is 607 g/mol. The lowest BCUT2D eigenvalue weighted by molar-refractivity contribution is -0.144. The predicted molar refractivity (Wildman–Crippen MR) is 149 cm³/mol. The zero-order valence-electron chi connectivity index (χ0n) is 21.6. The number of hydrogen-bond acceptors (Lipinski definition) is 11. The van der Waals surface area contributed by atoms with E-state index in [0.29, 0.717) is 6.42 Å². The number of aliphatic carboxylic acids is 2. The maximum absolute atomic E-state index is 13.5. The Hall–Kier alpha value is -3.29. The van der Waals surface area contributed by atoms with Gasteiger partial charge in [0.05, 0.1) is 12.5 Å². The molecule has 0 aromatic heterocycles. The number of carbonyl (C=O) groups is 6. The molecule has 0 radical (unpaired) electrons. The maximum Gasteiger partial charge on any atom is 0.327 e. The summed E-state index contributed by atoms with van der Waals surface area (Å²) in [6.45, 7) is 0.204. The number of likely N-dealkylation sites (tertiary alicyclic amines) is 1. The molecule has 0 aromatic rings. The molecular weight excluding hydrogens is 570 g/mol. The fraction of sp³-hybridized carbons (Fsp3) is 0.667. The highest BCUT2D eigenvalue weighted by molar-refractivity contribution is 7.99. The Labute approximate surface area is 239 Å². The van der Waals surface area contributed by atoms with Gasteiger partial charge in [-0.15, -0.1) is 0 Å². The minimum absolute atomic E-state index is 0.0761. The van der Waals surface area contributed by atoms with Crippen molar-refractivity contribution in [3.63, 3.8) is 0 Å². The molecule has 14 N–H and O–H groups in total. The van der Waals surface area contributed by atoms with Crippen molar-refractivity contribution >= 4 is 65.9 Å². The second-order valence-corrected chi connectivity index (χ2v) is 10.7. The summed E-state index contributed by atoms with van der Waals surface area (Å²) in [5.74, 6) is -6.12. The Balaban J connectivity index is 3.04. The molecule has 0 aromatic carbocycles. The maximum atomic E-state index is 13.5. The van der Waals surface area contributed by atoms with Gasteiger partial charge in [0, 0.05) is 29.8 Å². The molecule has 1 fully saturated rings. The van der Waals surface area contributed by atoms with Crippen molar-refractivity contribution in [1.82, 2.24) is 15.5 Å². The number of guanidine groups is 1. The molecule has 6 atom stereocenters. The fourth-order valence-corrected chi connectivity index (χ4v) is 5.03. The molecule has 17 nitrogen and oxygen atoms in total. The van der Waals surface area contributed by atoms with E-state index in [9.17, 15) is 33.9 Å². The molecule has 1 unspecified atom stereocenters. The topological polar surface area (TPSA) is 313 Å². The van der Waals surface area contributed by atoms with E-state index in [1.54, 1.807) is 0 Å². The summed E-state index contributed by atoms with van der Waals surface area (Å²) in [7, 11) is 0. The summed E-state index contributed by atoms with van der Waals surface area (Å²) in [6.07, 6.45) is 0.271. The van der Waals surface area contributed by atoms with Crippen molar-refractivity contribution in [2.24, 2.45) is 33.7 Å². The van der Waals surface area contributed by atoms with Gasteiger partial charge in [-0.1, -0.05) is 0 Å². The van der Waals surface area contributed by atoms with Crippen LogP contribution in [0.25, 0.3) is 0 Å². The molecule has 1 saturated heterocycles. The van der Waals surface area contributed by atoms with Crippen LogP contribution >= 0.6 is 24.4 Å². The number of nitrogens with zero attached hydrogens (tertiary/aromatic N) is 2. The van der Waals surface area contributed by atoms with Crippen molar-refractivity contribution in [3.8, 4) is 0 Å². The second kappa shape index (κ2) is 16.7. The van der Waals surface area contributed by atoms with Crippen molar-refractivity contribution in [1.29, 1.82) is 0 Å². The van der Waals surface area contributed by atoms with Gasteiger partial charge in [-0.05, 0) is 19.3 Å². The van der Waals surface area contributed by atoms with Crippen LogP contribution in [-0.4, -0.2) is 117 Å². The first kappa shape index (κ1) is 34.7. The summed E-state index contributed by atoms with van der Waals surface area (Å²) in [5, 5.41) is 22.6. The molecule has 1 aliphatic rings. The van der Waals surface area contributed by atoms with Crippen LogP contribution in [0.1, 0.15) is 25.7 Å². The van der Waals surface area contributed by atoms with Crippen molar-refractivity contribution in [2.75, 3.05) is 24.6 Å². The number of carboxylic acids is 2. The van der Waals surface area contributed by atoms with E-state index in [2.05, 4.69) is 28.3 Å². The van der Waals surface area contributed by atoms with Gasteiger partial charge >= 0.3 is 11.9 Å². The van der Waals surface area contributed by atoms with Crippen LogP contribution < -0.4 is 39.3 Å². The fourth-order valence-electron chi connectivity index (χ4n) is 3.71. The number of aliphatic imine (C=N–C) groups is 1. The van der Waals surface area contributed by atoms with Gasteiger partial charge in [0.25, 0.3) is 0 Å². The van der Waals surface area contributed by atoms with Crippen LogP contribution in [-0.2, 0) is 28.8 Å². The number of nitrogens with one attached hydrogen (secondary N) is 2. The molecule has 1 rings (SSSR count). The molecule has 0 saturated carbocycles. The third kappa shape index (κ3) is 11.4. The Bertz CT molecular complexity index is 982. The summed E-state index contributed by atoms with van der Waals surface area (Å²) in [6, 6.07) is -6.32. The van der Waals surface area contributed by atoms with E-state index in [4.69, 9.17) is 33.8 Å². The number of hydrogen-bond donors (Lipinski definition) is 10. The second-order valence-electron chi connectivity index (χ2n) is 9.00. The average molecular weight is 608 g/mol. The van der Waals surface area contributed by atoms with Crippen LogP contribution in [0.5, 0.6) is 0 Å². The van der Waals surface area contributed by atoms with E-state index < -0.39 is 77.4 Å². The third-order valence-electron chi connectivity index (χ3n) is 5.78. The number of carboxylic acid groups (broad SMARTS) is 2. The van der Waals surface area contributed by atoms with Gasteiger partial charge in [-0.3, -0.25) is 29.0 Å². The predicted octanol–water partition coefficient (Wildman–Crippen LogP) is -4.66. The van der Waals surface area contributed by atoms with Crippen LogP contribution in [0.2, 0.25) is 0 Å². The summed E-state index contributed by atoms with van der Waals surface area (Å²) < 4.78 is 0. The zero-order chi connectivity index (χ0) is 30.6. The molecule has 226 valence electrons. The van der Waals surface area contributed by atoms with Crippen LogP contribution in [0, 0.1) is 0 Å². The largest absolute Gasteiger partial charge is 0.480 e. The molecular formula is C21H37N9O8S2. The first-order valence-corrected chi connectivity index (χ1v) is 13.8. The quantitative estimate of drug-likeness (QED) is 0.0423. The molecule has 1 aliphatic heterocycles. The minimum atomic E-state index is -1.42. The first-order chi connectivity index (χ1) is 18.6. The van der Waals surface area contributed by atoms with Crippen molar-refractivity contribution < 1.29 is 39.0 Å². The molecule has 0 spiro atoms. The molecule has 40 heavy (non-hydrogen) atoms. The first-order valence-electron chi connectivity index (χ1n) is 12.1. The van der Waals surface area contributed by atoms with E-state index in [1.165, 1.54) is 4.90 Å². The van der Waals surface area contributed by atoms with Gasteiger partial charge in [-0.25, -0.2) is 4.79 Å². The Morgan fingerprint density at radius 1 is 1.00 bits per heavy atom. The number of nitrogens with two attached hydrogens (primary N) is 5. The number of rotatable bonds is 17. The lowest BCUT2D eigenvalue weighted by Crippen LogP contribution is -2.58. The van der Waals surface area contributed by atoms with Gasteiger partial charge in [0.1, 0.15) is 24.2 Å². The number of amides is 4. The Morgan fingerprint density at radius 3 is 2.20 bits per heavy atom. The third-order valence-corrected chi connectivity index (χ3v) is 7.50. The Morgan fingerprint density at radius 2 is 1.65 bits per heavy atom. The highest BCUT2D eigenvalue weighted by Crippen LogP contribution is 2.21. The summed E-state index contributed by atoms with van der Waals surface area (Å²) in [4.78, 5) is 78.1. The molecule has 0 bridgehead atoms. The number of thiol groups is 1. The molecule has 19 heteroatoms. The van der Waals surface area contributed by atoms with E-state index in [0.717, 1.165) is 11.8 Å². The standard InChI is InChI=1S/C21H37N9O8S2/c22-9(6-14(24)31)16(32)28-11(8-40-7-10(23)19(35)36)18(34)30-5-1-2-12(30)17(33)29-15(20(37)38)13(39)3-4-27-21(25)26/h9-13,15,39H,1-8,22-23H2,(H2,24,31)(H,28,32)(H,29,33)(H,35,36)(H,37,38)(H4,25,26,27)/t9-,10-,11-,12-,13?,15-/m0/s1.